The Kier molecular flexibility index (Phi) is 2.99. The Labute approximate surface area is 116 Å². The molecule has 0 saturated heterocycles. The Bertz CT molecular complexity index is 789. The number of aromatic nitrogens is 2. The Morgan fingerprint density at radius 1 is 1.15 bits per heavy atom. The van der Waals surface area contributed by atoms with Crippen LogP contribution in [-0.2, 0) is 13.5 Å². The van der Waals surface area contributed by atoms with Crippen molar-refractivity contribution >= 4 is 22.5 Å². The monoisotopic (exact) mass is 265 g/mol. The van der Waals surface area contributed by atoms with Gasteiger partial charge in [0.1, 0.15) is 5.82 Å². The van der Waals surface area contributed by atoms with E-state index < -0.39 is 0 Å². The molecule has 4 nitrogen and oxygen atoms in total. The predicted octanol–water partition coefficient (Wildman–Crippen LogP) is 2.58. The van der Waals surface area contributed by atoms with Crippen molar-refractivity contribution in [1.29, 1.82) is 0 Å². The summed E-state index contributed by atoms with van der Waals surface area (Å²) in [5, 5.41) is 0. The Morgan fingerprint density at radius 2 is 1.85 bits per heavy atom. The first-order chi connectivity index (χ1) is 9.66. The number of nitrogens with two attached hydrogens (primary N) is 1. The van der Waals surface area contributed by atoms with Crippen LogP contribution in [0.3, 0.4) is 0 Å². The van der Waals surface area contributed by atoms with E-state index in [0.29, 0.717) is 11.3 Å². The topological polar surface area (TPSA) is 60.9 Å². The second-order valence-electron chi connectivity index (χ2n) is 4.76. The summed E-state index contributed by atoms with van der Waals surface area (Å²) in [5.41, 5.74) is 8.83. The number of rotatable bonds is 3. The fourth-order valence-corrected chi connectivity index (χ4v) is 2.34. The molecule has 0 aliphatic carbocycles. The summed E-state index contributed by atoms with van der Waals surface area (Å²) in [4.78, 5) is 16.8. The fourth-order valence-electron chi connectivity index (χ4n) is 2.34. The van der Waals surface area contributed by atoms with Gasteiger partial charge >= 0.3 is 0 Å². The molecule has 0 bridgehead atoms. The number of carbonyl (C=O) groups is 1. The van der Waals surface area contributed by atoms with E-state index in [9.17, 15) is 4.79 Å². The SMILES string of the molecule is Cn1c(CC(=O)c2ccccc2N)nc2ccccc21. The third-order valence-corrected chi connectivity index (χ3v) is 3.46. The number of nitrogen functional groups attached to an aromatic ring is 1. The second-order valence-corrected chi connectivity index (χ2v) is 4.76. The number of benzene rings is 2. The minimum Gasteiger partial charge on any atom is -0.398 e. The van der Waals surface area contributed by atoms with Gasteiger partial charge in [0, 0.05) is 18.3 Å². The molecule has 3 aromatic rings. The van der Waals surface area contributed by atoms with Crippen LogP contribution in [0.2, 0.25) is 0 Å². The van der Waals surface area contributed by atoms with Crippen LogP contribution >= 0.6 is 0 Å². The van der Waals surface area contributed by atoms with Crippen LogP contribution in [0, 0.1) is 0 Å². The molecule has 0 fully saturated rings. The molecule has 1 aromatic heterocycles. The Hall–Kier alpha value is -2.62. The van der Waals surface area contributed by atoms with Gasteiger partial charge in [-0.25, -0.2) is 4.98 Å². The predicted molar refractivity (Wildman–Crippen MR) is 79.6 cm³/mol. The molecule has 3 rings (SSSR count). The van der Waals surface area contributed by atoms with Crippen LogP contribution < -0.4 is 5.73 Å². The number of aryl methyl sites for hydroxylation is 1. The van der Waals surface area contributed by atoms with Crippen LogP contribution in [0.5, 0.6) is 0 Å². The minimum absolute atomic E-state index is 0.0125. The van der Waals surface area contributed by atoms with E-state index in [0.717, 1.165) is 16.9 Å². The fraction of sp³-hybridized carbons (Fsp3) is 0.125. The summed E-state index contributed by atoms with van der Waals surface area (Å²) in [5.74, 6) is 0.737. The maximum atomic E-state index is 12.3. The zero-order valence-electron chi connectivity index (χ0n) is 11.2. The zero-order chi connectivity index (χ0) is 14.1. The van der Waals surface area contributed by atoms with Gasteiger partial charge in [-0.05, 0) is 24.3 Å². The molecule has 0 atom stereocenters. The molecular weight excluding hydrogens is 250 g/mol. The van der Waals surface area contributed by atoms with E-state index in [1.54, 1.807) is 12.1 Å². The quantitative estimate of drug-likeness (QED) is 0.585. The lowest BCUT2D eigenvalue weighted by molar-refractivity contribution is 0.0991. The van der Waals surface area contributed by atoms with Crippen molar-refractivity contribution < 1.29 is 4.79 Å². The molecule has 0 radical (unpaired) electrons. The number of imidazole rings is 1. The van der Waals surface area contributed by atoms with Gasteiger partial charge in [0.2, 0.25) is 0 Å². The molecule has 1 heterocycles. The number of para-hydroxylation sites is 3. The number of Topliss-reactive ketones (excluding diaryl/α,β-unsaturated/α-hetero) is 1. The van der Waals surface area contributed by atoms with E-state index in [1.165, 1.54) is 0 Å². The van der Waals surface area contributed by atoms with Crippen LogP contribution in [0.1, 0.15) is 16.2 Å². The lowest BCUT2D eigenvalue weighted by Crippen LogP contribution is -2.10. The van der Waals surface area contributed by atoms with Gasteiger partial charge in [-0.15, -0.1) is 0 Å². The van der Waals surface area contributed by atoms with Crippen molar-refractivity contribution in [2.24, 2.45) is 7.05 Å². The molecule has 0 spiro atoms. The Morgan fingerprint density at radius 3 is 2.60 bits per heavy atom. The molecule has 2 N–H and O–H groups in total. The summed E-state index contributed by atoms with van der Waals surface area (Å²) >= 11 is 0. The van der Waals surface area contributed by atoms with Crippen molar-refractivity contribution in [1.82, 2.24) is 9.55 Å². The van der Waals surface area contributed by atoms with Crippen molar-refractivity contribution in [3.63, 3.8) is 0 Å². The first-order valence-corrected chi connectivity index (χ1v) is 6.45. The molecule has 0 saturated carbocycles. The van der Waals surface area contributed by atoms with Crippen LogP contribution in [-0.4, -0.2) is 15.3 Å². The number of nitrogens with zero attached hydrogens (tertiary/aromatic N) is 2. The van der Waals surface area contributed by atoms with Gasteiger partial charge in [-0.1, -0.05) is 24.3 Å². The van der Waals surface area contributed by atoms with Crippen LogP contribution in [0.15, 0.2) is 48.5 Å². The number of anilines is 1. The van der Waals surface area contributed by atoms with Crippen molar-refractivity contribution in [3.05, 3.63) is 59.9 Å². The number of hydrogen-bond donors (Lipinski definition) is 1. The van der Waals surface area contributed by atoms with Crippen molar-refractivity contribution in [3.8, 4) is 0 Å². The third kappa shape index (κ3) is 2.05. The van der Waals surface area contributed by atoms with Gasteiger partial charge in [0.25, 0.3) is 0 Å². The first kappa shape index (κ1) is 12.4. The molecule has 0 amide bonds. The normalized spacial score (nSPS) is 10.8. The lowest BCUT2D eigenvalue weighted by atomic mass is 10.1. The van der Waals surface area contributed by atoms with Gasteiger partial charge in [0.15, 0.2) is 5.78 Å². The first-order valence-electron chi connectivity index (χ1n) is 6.45. The summed E-state index contributed by atoms with van der Waals surface area (Å²) in [6, 6.07) is 15.0. The summed E-state index contributed by atoms with van der Waals surface area (Å²) in [7, 11) is 1.92. The van der Waals surface area contributed by atoms with E-state index in [-0.39, 0.29) is 12.2 Å². The lowest BCUT2D eigenvalue weighted by Gasteiger charge is -2.04. The van der Waals surface area contributed by atoms with Crippen LogP contribution in [0.4, 0.5) is 5.69 Å². The molecule has 0 unspecified atom stereocenters. The minimum atomic E-state index is -0.0125. The number of ketones is 1. The molecule has 0 aliphatic rings. The average Bonchev–Trinajstić information content (AvgIpc) is 2.76. The van der Waals surface area contributed by atoms with Crippen molar-refractivity contribution in [2.45, 2.75) is 6.42 Å². The van der Waals surface area contributed by atoms with Gasteiger partial charge < -0.3 is 10.3 Å². The van der Waals surface area contributed by atoms with E-state index in [4.69, 9.17) is 5.73 Å². The second kappa shape index (κ2) is 4.81. The number of carbonyl (C=O) groups excluding carboxylic acids is 1. The molecule has 20 heavy (non-hydrogen) atoms. The van der Waals surface area contributed by atoms with Gasteiger partial charge in [-0.3, -0.25) is 4.79 Å². The maximum Gasteiger partial charge on any atom is 0.172 e. The van der Waals surface area contributed by atoms with Gasteiger partial charge in [-0.2, -0.15) is 0 Å². The van der Waals surface area contributed by atoms with E-state index in [1.807, 2.05) is 48.0 Å². The third-order valence-electron chi connectivity index (χ3n) is 3.46. The highest BCUT2D eigenvalue weighted by Crippen LogP contribution is 2.17. The smallest absolute Gasteiger partial charge is 0.172 e. The molecule has 4 heteroatoms. The highest BCUT2D eigenvalue weighted by Gasteiger charge is 2.14. The highest BCUT2D eigenvalue weighted by atomic mass is 16.1. The van der Waals surface area contributed by atoms with E-state index >= 15 is 0 Å². The van der Waals surface area contributed by atoms with Crippen LogP contribution in [0.25, 0.3) is 11.0 Å². The summed E-state index contributed by atoms with van der Waals surface area (Å²) in [6.07, 6.45) is 0.249. The number of fused-ring (bicyclic) bond motifs is 1. The molecular formula is C16H15N3O. The van der Waals surface area contributed by atoms with Crippen molar-refractivity contribution in [2.75, 3.05) is 5.73 Å². The maximum absolute atomic E-state index is 12.3. The molecule has 100 valence electrons. The summed E-state index contributed by atoms with van der Waals surface area (Å²) < 4.78 is 1.95. The standard InChI is InChI=1S/C16H15N3O/c1-19-14-9-5-4-8-13(14)18-16(19)10-15(20)11-6-2-3-7-12(11)17/h2-9H,10,17H2,1H3. The zero-order valence-corrected chi connectivity index (χ0v) is 11.2. The molecule has 2 aromatic carbocycles. The molecule has 0 aliphatic heterocycles. The average molecular weight is 265 g/mol. The summed E-state index contributed by atoms with van der Waals surface area (Å²) in [6.45, 7) is 0. The highest BCUT2D eigenvalue weighted by molar-refractivity contribution is 6.01. The van der Waals surface area contributed by atoms with E-state index in [2.05, 4.69) is 4.98 Å². The van der Waals surface area contributed by atoms with Gasteiger partial charge in [0.05, 0.1) is 17.5 Å². The largest absolute Gasteiger partial charge is 0.398 e. The Balaban J connectivity index is 1.96. The number of hydrogen-bond acceptors (Lipinski definition) is 3.